The van der Waals surface area contributed by atoms with Gasteiger partial charge in [0.05, 0.1) is 5.92 Å². The van der Waals surface area contributed by atoms with E-state index in [2.05, 4.69) is 83.9 Å². The van der Waals surface area contributed by atoms with Gasteiger partial charge in [0.15, 0.2) is 0 Å². The first-order valence-electron chi connectivity index (χ1n) is 10.9. The van der Waals surface area contributed by atoms with E-state index in [0.29, 0.717) is 12.1 Å². The summed E-state index contributed by atoms with van der Waals surface area (Å²) >= 11 is 0. The maximum Gasteiger partial charge on any atom is 0.307 e. The van der Waals surface area contributed by atoms with Crippen molar-refractivity contribution in [1.82, 2.24) is 5.32 Å². The highest BCUT2D eigenvalue weighted by atomic mass is 16.4. The van der Waals surface area contributed by atoms with E-state index in [-0.39, 0.29) is 11.8 Å². The van der Waals surface area contributed by atoms with Crippen LogP contribution in [0.2, 0.25) is 0 Å². The van der Waals surface area contributed by atoms with Gasteiger partial charge in [0.2, 0.25) is 0 Å². The Labute approximate surface area is 177 Å². The summed E-state index contributed by atoms with van der Waals surface area (Å²) in [6.45, 7) is 4.30. The third kappa shape index (κ3) is 3.68. The van der Waals surface area contributed by atoms with E-state index >= 15 is 0 Å². The Hall–Kier alpha value is -2.85. The Kier molecular flexibility index (Phi) is 4.95. The Morgan fingerprint density at radius 3 is 2.60 bits per heavy atom. The van der Waals surface area contributed by atoms with Gasteiger partial charge in [0, 0.05) is 30.9 Å². The second-order valence-corrected chi connectivity index (χ2v) is 8.77. The molecule has 4 atom stereocenters. The third-order valence-corrected chi connectivity index (χ3v) is 6.76. The van der Waals surface area contributed by atoms with Crippen LogP contribution in [0, 0.1) is 5.92 Å². The van der Waals surface area contributed by atoms with Crippen molar-refractivity contribution in [2.24, 2.45) is 5.92 Å². The molecule has 3 aromatic carbocycles. The fraction of sp³-hybridized carbons (Fsp3) is 0.346. The molecule has 1 aliphatic heterocycles. The van der Waals surface area contributed by atoms with Crippen LogP contribution in [0.1, 0.15) is 42.9 Å². The van der Waals surface area contributed by atoms with Crippen LogP contribution in [0.5, 0.6) is 0 Å². The van der Waals surface area contributed by atoms with Gasteiger partial charge < -0.3 is 15.3 Å². The van der Waals surface area contributed by atoms with Crippen LogP contribution in [0.4, 0.5) is 5.69 Å². The van der Waals surface area contributed by atoms with Crippen molar-refractivity contribution in [1.29, 1.82) is 0 Å². The highest BCUT2D eigenvalue weighted by Gasteiger charge is 2.44. The fourth-order valence-corrected chi connectivity index (χ4v) is 4.97. The summed E-state index contributed by atoms with van der Waals surface area (Å²) < 4.78 is 0. The highest BCUT2D eigenvalue weighted by molar-refractivity contribution is 5.86. The van der Waals surface area contributed by atoms with Crippen molar-refractivity contribution < 1.29 is 9.90 Å². The predicted octanol–water partition coefficient (Wildman–Crippen LogP) is 4.96. The van der Waals surface area contributed by atoms with Crippen LogP contribution >= 0.6 is 0 Å². The van der Waals surface area contributed by atoms with E-state index in [1.807, 2.05) is 0 Å². The summed E-state index contributed by atoms with van der Waals surface area (Å²) in [5.74, 6) is -0.657. The minimum atomic E-state index is -0.669. The zero-order valence-electron chi connectivity index (χ0n) is 17.3. The number of hydrogen-bond donors (Lipinski definition) is 2. The van der Waals surface area contributed by atoms with Crippen LogP contribution in [-0.2, 0) is 4.79 Å². The topological polar surface area (TPSA) is 52.6 Å². The maximum atomic E-state index is 11.1. The number of hydrogen-bond acceptors (Lipinski definition) is 3. The van der Waals surface area contributed by atoms with E-state index in [0.717, 1.165) is 31.5 Å². The molecule has 1 heterocycles. The van der Waals surface area contributed by atoms with Gasteiger partial charge in [-0.2, -0.15) is 0 Å². The SMILES string of the molecule is CC(N[C@H]1CCN(c2ccc([C@H]3C[C@@H]3C(=O)O)cc2)C1)c1cccc2ccccc12. The van der Waals surface area contributed by atoms with E-state index in [4.69, 9.17) is 5.11 Å². The summed E-state index contributed by atoms with van der Waals surface area (Å²) in [6.07, 6.45) is 1.90. The van der Waals surface area contributed by atoms with Gasteiger partial charge >= 0.3 is 5.97 Å². The summed E-state index contributed by atoms with van der Waals surface area (Å²) in [5.41, 5.74) is 3.74. The molecule has 4 nitrogen and oxygen atoms in total. The lowest BCUT2D eigenvalue weighted by atomic mass is 9.99. The van der Waals surface area contributed by atoms with Gasteiger partial charge in [-0.1, -0.05) is 54.6 Å². The van der Waals surface area contributed by atoms with Crippen LogP contribution in [0.15, 0.2) is 66.7 Å². The first-order valence-corrected chi connectivity index (χ1v) is 10.9. The molecule has 5 rings (SSSR count). The van der Waals surface area contributed by atoms with E-state index < -0.39 is 5.97 Å². The molecule has 1 saturated heterocycles. The van der Waals surface area contributed by atoms with Crippen LogP contribution in [0.3, 0.4) is 0 Å². The minimum absolute atomic E-state index is 0.188. The van der Waals surface area contributed by atoms with Gasteiger partial charge in [0.1, 0.15) is 0 Å². The molecular formula is C26H28N2O2. The first kappa shape index (κ1) is 19.1. The maximum absolute atomic E-state index is 11.1. The largest absolute Gasteiger partial charge is 0.481 e. The molecule has 2 fully saturated rings. The number of carboxylic acid groups (broad SMARTS) is 1. The van der Waals surface area contributed by atoms with Crippen molar-refractivity contribution in [3.8, 4) is 0 Å². The van der Waals surface area contributed by atoms with Crippen molar-refractivity contribution >= 4 is 22.4 Å². The van der Waals surface area contributed by atoms with Gasteiger partial charge in [-0.25, -0.2) is 0 Å². The molecule has 0 aromatic heterocycles. The second-order valence-electron chi connectivity index (χ2n) is 8.77. The van der Waals surface area contributed by atoms with Crippen molar-refractivity contribution in [3.63, 3.8) is 0 Å². The summed E-state index contributed by atoms with van der Waals surface area (Å²) in [7, 11) is 0. The Morgan fingerprint density at radius 2 is 1.83 bits per heavy atom. The van der Waals surface area contributed by atoms with E-state index in [1.54, 1.807) is 0 Å². The molecule has 0 bridgehead atoms. The Morgan fingerprint density at radius 1 is 1.07 bits per heavy atom. The molecule has 30 heavy (non-hydrogen) atoms. The molecular weight excluding hydrogens is 372 g/mol. The zero-order chi connectivity index (χ0) is 20.7. The zero-order valence-corrected chi connectivity index (χ0v) is 17.3. The van der Waals surface area contributed by atoms with E-state index in [1.165, 1.54) is 22.0 Å². The monoisotopic (exact) mass is 400 g/mol. The number of aliphatic carboxylic acids is 1. The third-order valence-electron chi connectivity index (χ3n) is 6.76. The minimum Gasteiger partial charge on any atom is -0.481 e. The lowest BCUT2D eigenvalue weighted by Gasteiger charge is -2.23. The molecule has 2 N–H and O–H groups in total. The predicted molar refractivity (Wildman–Crippen MR) is 121 cm³/mol. The Balaban J connectivity index is 1.22. The summed E-state index contributed by atoms with van der Waals surface area (Å²) in [6, 6.07) is 24.4. The molecule has 154 valence electrons. The van der Waals surface area contributed by atoms with Crippen molar-refractivity contribution in [3.05, 3.63) is 77.9 Å². The average molecular weight is 401 g/mol. The van der Waals surface area contributed by atoms with Crippen molar-refractivity contribution in [2.45, 2.75) is 37.8 Å². The quantitative estimate of drug-likeness (QED) is 0.614. The van der Waals surface area contributed by atoms with Gasteiger partial charge in [0.25, 0.3) is 0 Å². The van der Waals surface area contributed by atoms with Gasteiger partial charge in [-0.05, 0) is 59.7 Å². The number of nitrogens with zero attached hydrogens (tertiary/aromatic N) is 1. The molecule has 0 amide bonds. The van der Waals surface area contributed by atoms with Crippen LogP contribution in [0.25, 0.3) is 10.8 Å². The molecule has 0 spiro atoms. The highest BCUT2D eigenvalue weighted by Crippen LogP contribution is 2.47. The van der Waals surface area contributed by atoms with Gasteiger partial charge in [-0.3, -0.25) is 4.79 Å². The number of nitrogens with one attached hydrogen (secondary N) is 1. The first-order chi connectivity index (χ1) is 14.6. The second kappa shape index (κ2) is 7.77. The molecule has 2 aliphatic rings. The molecule has 4 heteroatoms. The fourth-order valence-electron chi connectivity index (χ4n) is 4.97. The number of carboxylic acids is 1. The number of carbonyl (C=O) groups is 1. The molecule has 1 aliphatic carbocycles. The lowest BCUT2D eigenvalue weighted by Crippen LogP contribution is -2.34. The van der Waals surface area contributed by atoms with E-state index in [9.17, 15) is 4.79 Å². The number of fused-ring (bicyclic) bond motifs is 1. The van der Waals surface area contributed by atoms with Crippen LogP contribution < -0.4 is 10.2 Å². The smallest absolute Gasteiger partial charge is 0.307 e. The molecule has 1 saturated carbocycles. The molecule has 0 radical (unpaired) electrons. The normalized spacial score (nSPS) is 24.2. The Bertz CT molecular complexity index is 1060. The van der Waals surface area contributed by atoms with Crippen LogP contribution in [-0.4, -0.2) is 30.2 Å². The summed E-state index contributed by atoms with van der Waals surface area (Å²) in [4.78, 5) is 13.5. The van der Waals surface area contributed by atoms with Crippen molar-refractivity contribution in [2.75, 3.05) is 18.0 Å². The van der Waals surface area contributed by atoms with Gasteiger partial charge in [-0.15, -0.1) is 0 Å². The molecule has 1 unspecified atom stereocenters. The number of benzene rings is 3. The standard InChI is InChI=1S/C26H28N2O2/c1-17(22-8-4-6-18-5-2-3-7-23(18)22)27-20-13-14-28(16-20)21-11-9-19(10-12-21)24-15-25(24)26(29)30/h2-12,17,20,24-25,27H,13-16H2,1H3,(H,29,30)/t17?,20-,24+,25-/m0/s1. The lowest BCUT2D eigenvalue weighted by molar-refractivity contribution is -0.138. The number of rotatable bonds is 6. The average Bonchev–Trinajstić information content (AvgIpc) is 3.45. The molecule has 3 aromatic rings. The summed E-state index contributed by atoms with van der Waals surface area (Å²) in [5, 5.41) is 15.6. The number of anilines is 1.